The molecule has 1 unspecified atom stereocenters. The molecule has 1 aromatic heterocycles. The number of carboxylic acids is 1. The summed E-state index contributed by atoms with van der Waals surface area (Å²) < 4.78 is 1.44. The number of unbranched alkanes of at least 4 members (excludes halogenated alkanes) is 1. The Hall–Kier alpha value is -2.31. The molecule has 0 aliphatic carbocycles. The zero-order valence-corrected chi connectivity index (χ0v) is 11.5. The van der Waals surface area contributed by atoms with Crippen molar-refractivity contribution in [1.29, 1.82) is 0 Å². The molecule has 1 rings (SSSR count). The topological polar surface area (TPSA) is 114 Å². The van der Waals surface area contributed by atoms with E-state index in [4.69, 9.17) is 10.8 Å². The third kappa shape index (κ3) is 3.84. The summed E-state index contributed by atoms with van der Waals surface area (Å²) in [6.07, 6.45) is 3.34. The number of nitrogens with zero attached hydrogens (tertiary/aromatic N) is 1. The van der Waals surface area contributed by atoms with Gasteiger partial charge in [-0.15, -0.1) is 0 Å². The molecule has 0 aliphatic heterocycles. The van der Waals surface area contributed by atoms with Crippen LogP contribution in [0.3, 0.4) is 0 Å². The molecule has 0 fully saturated rings. The van der Waals surface area contributed by atoms with Crippen LogP contribution < -0.4 is 11.1 Å². The number of aryl methyl sites for hydroxylation is 1. The van der Waals surface area contributed by atoms with Gasteiger partial charge in [-0.05, 0) is 12.5 Å². The second kappa shape index (κ2) is 6.74. The standard InChI is InChI=1S/C13H19N3O4/c1-3-4-5-9(13(19)20)15-12(18)10-6-8(11(14)17)7-16(10)2/h6-7,9H,3-5H2,1-2H3,(H2,14,17)(H,15,18)(H,19,20). The van der Waals surface area contributed by atoms with Gasteiger partial charge in [0.2, 0.25) is 5.91 Å². The molecule has 0 aromatic carbocycles. The predicted octanol–water partition coefficient (Wildman–Crippen LogP) is 0.497. The summed E-state index contributed by atoms with van der Waals surface area (Å²) in [5.41, 5.74) is 5.54. The average Bonchev–Trinajstić information content (AvgIpc) is 2.76. The van der Waals surface area contributed by atoms with Crippen LogP contribution in [0.1, 0.15) is 47.0 Å². The molecule has 0 saturated heterocycles. The van der Waals surface area contributed by atoms with Gasteiger partial charge in [-0.25, -0.2) is 4.79 Å². The Bertz CT molecular complexity index is 522. The van der Waals surface area contributed by atoms with Gasteiger partial charge < -0.3 is 20.7 Å². The monoisotopic (exact) mass is 281 g/mol. The molecule has 1 heterocycles. The third-order valence-corrected chi connectivity index (χ3v) is 2.97. The number of amides is 2. The molecule has 7 heteroatoms. The number of nitrogens with two attached hydrogens (primary N) is 1. The largest absolute Gasteiger partial charge is 0.480 e. The second-order valence-electron chi connectivity index (χ2n) is 4.60. The van der Waals surface area contributed by atoms with Crippen molar-refractivity contribution in [3.63, 3.8) is 0 Å². The summed E-state index contributed by atoms with van der Waals surface area (Å²) in [7, 11) is 1.59. The summed E-state index contributed by atoms with van der Waals surface area (Å²) in [6.45, 7) is 1.94. The maximum absolute atomic E-state index is 12.0. The molecule has 20 heavy (non-hydrogen) atoms. The highest BCUT2D eigenvalue weighted by atomic mass is 16.4. The maximum Gasteiger partial charge on any atom is 0.326 e. The van der Waals surface area contributed by atoms with Gasteiger partial charge >= 0.3 is 5.97 Å². The summed E-state index contributed by atoms with van der Waals surface area (Å²) in [6, 6.07) is 0.408. The lowest BCUT2D eigenvalue weighted by atomic mass is 10.1. The fourth-order valence-corrected chi connectivity index (χ4v) is 1.82. The molecular formula is C13H19N3O4. The van der Waals surface area contributed by atoms with Gasteiger partial charge in [-0.2, -0.15) is 0 Å². The van der Waals surface area contributed by atoms with E-state index in [0.29, 0.717) is 12.8 Å². The SMILES string of the molecule is CCCCC(NC(=O)c1cc(C(N)=O)cn1C)C(=O)O. The van der Waals surface area contributed by atoms with E-state index >= 15 is 0 Å². The van der Waals surface area contributed by atoms with E-state index in [2.05, 4.69) is 5.32 Å². The quantitative estimate of drug-likeness (QED) is 0.675. The number of aliphatic carboxylic acids is 1. The van der Waals surface area contributed by atoms with Crippen LogP contribution in [0.4, 0.5) is 0 Å². The van der Waals surface area contributed by atoms with Crippen molar-refractivity contribution >= 4 is 17.8 Å². The Morgan fingerprint density at radius 2 is 2.10 bits per heavy atom. The van der Waals surface area contributed by atoms with Crippen LogP contribution in [-0.4, -0.2) is 33.5 Å². The van der Waals surface area contributed by atoms with E-state index in [9.17, 15) is 14.4 Å². The van der Waals surface area contributed by atoms with E-state index in [1.54, 1.807) is 7.05 Å². The number of hydrogen-bond donors (Lipinski definition) is 3. The van der Waals surface area contributed by atoms with Gasteiger partial charge in [0.25, 0.3) is 5.91 Å². The number of carbonyl (C=O) groups is 3. The maximum atomic E-state index is 12.0. The zero-order chi connectivity index (χ0) is 15.3. The van der Waals surface area contributed by atoms with Crippen LogP contribution >= 0.6 is 0 Å². The first kappa shape index (κ1) is 15.7. The molecule has 0 spiro atoms. The van der Waals surface area contributed by atoms with E-state index in [0.717, 1.165) is 6.42 Å². The number of primary amides is 1. The van der Waals surface area contributed by atoms with E-state index in [1.165, 1.54) is 16.8 Å². The highest BCUT2D eigenvalue weighted by Gasteiger charge is 2.22. The summed E-state index contributed by atoms with van der Waals surface area (Å²) in [5, 5.41) is 11.5. The number of nitrogens with one attached hydrogen (secondary N) is 1. The minimum atomic E-state index is -1.07. The van der Waals surface area contributed by atoms with Crippen molar-refractivity contribution in [1.82, 2.24) is 9.88 Å². The minimum Gasteiger partial charge on any atom is -0.480 e. The first-order valence-electron chi connectivity index (χ1n) is 6.36. The van der Waals surface area contributed by atoms with Crippen molar-refractivity contribution in [2.24, 2.45) is 12.8 Å². The Kier molecular flexibility index (Phi) is 5.31. The van der Waals surface area contributed by atoms with Gasteiger partial charge in [0.05, 0.1) is 5.56 Å². The molecule has 110 valence electrons. The zero-order valence-electron chi connectivity index (χ0n) is 11.5. The summed E-state index contributed by atoms with van der Waals surface area (Å²) in [5.74, 6) is -2.25. The van der Waals surface area contributed by atoms with E-state index < -0.39 is 23.8 Å². The first-order chi connectivity index (χ1) is 9.36. The van der Waals surface area contributed by atoms with Gasteiger partial charge in [-0.1, -0.05) is 19.8 Å². The Morgan fingerprint density at radius 3 is 2.55 bits per heavy atom. The minimum absolute atomic E-state index is 0.196. The number of aromatic nitrogens is 1. The molecule has 7 nitrogen and oxygen atoms in total. The molecule has 0 saturated carbocycles. The Morgan fingerprint density at radius 1 is 1.45 bits per heavy atom. The Balaban J connectivity index is 2.83. The van der Waals surface area contributed by atoms with E-state index in [1.807, 2.05) is 6.92 Å². The molecule has 0 bridgehead atoms. The molecule has 0 radical (unpaired) electrons. The third-order valence-electron chi connectivity index (χ3n) is 2.97. The lowest BCUT2D eigenvalue weighted by molar-refractivity contribution is -0.139. The lowest BCUT2D eigenvalue weighted by Crippen LogP contribution is -2.41. The van der Waals surface area contributed by atoms with Crippen molar-refractivity contribution in [3.05, 3.63) is 23.5 Å². The van der Waals surface area contributed by atoms with Crippen LogP contribution in [0.5, 0.6) is 0 Å². The van der Waals surface area contributed by atoms with Crippen LogP contribution in [0.2, 0.25) is 0 Å². The van der Waals surface area contributed by atoms with Gasteiger partial charge in [0.1, 0.15) is 11.7 Å². The fraction of sp³-hybridized carbons (Fsp3) is 0.462. The van der Waals surface area contributed by atoms with Crippen molar-refractivity contribution in [2.45, 2.75) is 32.2 Å². The Labute approximate surface area is 116 Å². The van der Waals surface area contributed by atoms with Crippen molar-refractivity contribution in [2.75, 3.05) is 0 Å². The second-order valence-corrected chi connectivity index (χ2v) is 4.60. The average molecular weight is 281 g/mol. The van der Waals surface area contributed by atoms with E-state index in [-0.39, 0.29) is 11.3 Å². The predicted molar refractivity (Wildman–Crippen MR) is 72.3 cm³/mol. The van der Waals surface area contributed by atoms with Gasteiger partial charge in [0.15, 0.2) is 0 Å². The number of carbonyl (C=O) groups excluding carboxylic acids is 2. The molecule has 4 N–H and O–H groups in total. The molecule has 0 aliphatic rings. The van der Waals surface area contributed by atoms with Gasteiger partial charge in [0, 0.05) is 13.2 Å². The lowest BCUT2D eigenvalue weighted by Gasteiger charge is -2.14. The molecule has 2 amide bonds. The first-order valence-corrected chi connectivity index (χ1v) is 6.36. The summed E-state index contributed by atoms with van der Waals surface area (Å²) in [4.78, 5) is 34.2. The van der Waals surface area contributed by atoms with Crippen LogP contribution in [0.15, 0.2) is 12.3 Å². The highest BCUT2D eigenvalue weighted by Crippen LogP contribution is 2.08. The number of hydrogen-bond acceptors (Lipinski definition) is 3. The van der Waals surface area contributed by atoms with Crippen molar-refractivity contribution in [3.8, 4) is 0 Å². The normalized spacial score (nSPS) is 11.9. The molecule has 1 atom stereocenters. The van der Waals surface area contributed by atoms with Crippen molar-refractivity contribution < 1.29 is 19.5 Å². The van der Waals surface area contributed by atoms with Gasteiger partial charge in [-0.3, -0.25) is 9.59 Å². The molecular weight excluding hydrogens is 262 g/mol. The highest BCUT2D eigenvalue weighted by molar-refractivity contribution is 5.99. The number of rotatable bonds is 7. The van der Waals surface area contributed by atoms with Crippen LogP contribution in [0.25, 0.3) is 0 Å². The number of carboxylic acid groups (broad SMARTS) is 1. The fourth-order valence-electron chi connectivity index (χ4n) is 1.82. The smallest absolute Gasteiger partial charge is 0.326 e. The van der Waals surface area contributed by atoms with Crippen LogP contribution in [0, 0.1) is 0 Å². The molecule has 1 aromatic rings. The van der Waals surface area contributed by atoms with Crippen LogP contribution in [-0.2, 0) is 11.8 Å². The summed E-state index contributed by atoms with van der Waals surface area (Å²) >= 11 is 0.